The van der Waals surface area contributed by atoms with Crippen molar-refractivity contribution in [3.05, 3.63) is 19.2 Å². The Morgan fingerprint density at radius 3 is 2.76 bits per heavy atom. The summed E-state index contributed by atoms with van der Waals surface area (Å²) >= 11 is 8.14. The predicted molar refractivity (Wildman–Crippen MR) is 76.6 cm³/mol. The van der Waals surface area contributed by atoms with Crippen molar-refractivity contribution in [3.8, 4) is 0 Å². The van der Waals surface area contributed by atoms with E-state index in [-0.39, 0.29) is 12.0 Å². The molecule has 0 radical (unpaired) electrons. The molecule has 0 saturated carbocycles. The van der Waals surface area contributed by atoms with Crippen molar-refractivity contribution in [2.75, 3.05) is 19.6 Å². The zero-order valence-corrected chi connectivity index (χ0v) is 13.3. The van der Waals surface area contributed by atoms with Gasteiger partial charge in [0.25, 0.3) is 5.91 Å². The Kier molecular flexibility index (Phi) is 6.65. The lowest BCUT2D eigenvalue weighted by Gasteiger charge is -2.07. The van der Waals surface area contributed by atoms with Gasteiger partial charge in [0.2, 0.25) is 0 Å². The molecule has 1 aromatic heterocycles. The fourth-order valence-electron chi connectivity index (χ4n) is 1.17. The number of amides is 1. The molecule has 3 N–H and O–H groups in total. The minimum Gasteiger partial charge on any atom is -0.392 e. The summed E-state index contributed by atoms with van der Waals surface area (Å²) < 4.78 is 1.74. The summed E-state index contributed by atoms with van der Waals surface area (Å²) in [5, 5.41) is 14.8. The number of aliphatic hydroxyl groups is 1. The van der Waals surface area contributed by atoms with Crippen LogP contribution in [0.25, 0.3) is 0 Å². The molecule has 1 rings (SSSR count). The van der Waals surface area contributed by atoms with Gasteiger partial charge in [0.1, 0.15) is 0 Å². The predicted octanol–water partition coefficient (Wildman–Crippen LogP) is 1.97. The maximum Gasteiger partial charge on any atom is 0.253 e. The van der Waals surface area contributed by atoms with Crippen molar-refractivity contribution < 1.29 is 9.90 Å². The first-order chi connectivity index (χ1) is 8.00. The van der Waals surface area contributed by atoms with Crippen molar-refractivity contribution in [1.82, 2.24) is 10.6 Å². The zero-order chi connectivity index (χ0) is 12.8. The second-order valence-corrected chi connectivity index (χ2v) is 7.30. The second-order valence-electron chi connectivity index (χ2n) is 3.55. The van der Waals surface area contributed by atoms with E-state index in [1.54, 1.807) is 13.0 Å². The summed E-state index contributed by atoms with van der Waals surface area (Å²) in [4.78, 5) is 11.7. The van der Waals surface area contributed by atoms with E-state index >= 15 is 0 Å². The van der Waals surface area contributed by atoms with Gasteiger partial charge in [-0.3, -0.25) is 4.79 Å². The van der Waals surface area contributed by atoms with Gasteiger partial charge >= 0.3 is 0 Å². The van der Waals surface area contributed by atoms with E-state index in [9.17, 15) is 4.79 Å². The highest BCUT2D eigenvalue weighted by molar-refractivity contribution is 9.12. The van der Waals surface area contributed by atoms with E-state index < -0.39 is 0 Å². The van der Waals surface area contributed by atoms with Crippen molar-refractivity contribution in [1.29, 1.82) is 0 Å². The Balaban J connectivity index is 2.28. The summed E-state index contributed by atoms with van der Waals surface area (Å²) in [5.41, 5.74) is 0.636. The van der Waals surface area contributed by atoms with Gasteiger partial charge in [0, 0.05) is 19.6 Å². The fraction of sp³-hybridized carbons (Fsp3) is 0.500. The van der Waals surface area contributed by atoms with Crippen molar-refractivity contribution in [2.24, 2.45) is 0 Å². The molecule has 0 aliphatic carbocycles. The van der Waals surface area contributed by atoms with Crippen LogP contribution in [-0.4, -0.2) is 36.8 Å². The van der Waals surface area contributed by atoms with Crippen molar-refractivity contribution in [2.45, 2.75) is 13.0 Å². The molecule has 0 aliphatic heterocycles. The van der Waals surface area contributed by atoms with Crippen LogP contribution in [0.15, 0.2) is 13.6 Å². The molecule has 0 saturated heterocycles. The number of carbonyl (C=O) groups excluding carboxylic acids is 1. The molecule has 0 bridgehead atoms. The molecule has 96 valence electrons. The Morgan fingerprint density at radius 2 is 2.24 bits per heavy atom. The smallest absolute Gasteiger partial charge is 0.253 e. The topological polar surface area (TPSA) is 61.4 Å². The average Bonchev–Trinajstić information content (AvgIpc) is 2.56. The SMILES string of the molecule is CC(O)CNCCNC(=O)c1cc(Br)sc1Br. The largest absolute Gasteiger partial charge is 0.392 e. The first-order valence-electron chi connectivity index (χ1n) is 5.12. The highest BCUT2D eigenvalue weighted by Gasteiger charge is 2.12. The third-order valence-corrected chi connectivity index (χ3v) is 4.27. The molecule has 1 amide bonds. The van der Waals surface area contributed by atoms with Crippen LogP contribution in [0.2, 0.25) is 0 Å². The monoisotopic (exact) mass is 384 g/mol. The van der Waals surface area contributed by atoms with Gasteiger partial charge in [-0.1, -0.05) is 0 Å². The van der Waals surface area contributed by atoms with Gasteiger partial charge in [-0.25, -0.2) is 0 Å². The minimum atomic E-state index is -0.368. The van der Waals surface area contributed by atoms with Gasteiger partial charge in [-0.2, -0.15) is 0 Å². The van der Waals surface area contributed by atoms with Crippen LogP contribution in [0.1, 0.15) is 17.3 Å². The lowest BCUT2D eigenvalue weighted by Crippen LogP contribution is -2.34. The molecule has 0 spiro atoms. The van der Waals surface area contributed by atoms with E-state index in [1.807, 2.05) is 0 Å². The van der Waals surface area contributed by atoms with Crippen LogP contribution in [0, 0.1) is 0 Å². The highest BCUT2D eigenvalue weighted by atomic mass is 79.9. The summed E-state index contributed by atoms with van der Waals surface area (Å²) in [7, 11) is 0. The average molecular weight is 386 g/mol. The van der Waals surface area contributed by atoms with Gasteiger partial charge in [0.15, 0.2) is 0 Å². The summed E-state index contributed by atoms with van der Waals surface area (Å²) in [6.07, 6.45) is -0.368. The minimum absolute atomic E-state index is 0.0994. The molecule has 1 aromatic rings. The molecular weight excluding hydrogens is 372 g/mol. The molecule has 4 nitrogen and oxygen atoms in total. The normalized spacial score (nSPS) is 12.5. The zero-order valence-electron chi connectivity index (χ0n) is 9.30. The highest BCUT2D eigenvalue weighted by Crippen LogP contribution is 2.31. The number of halogens is 2. The molecule has 1 heterocycles. The van der Waals surface area contributed by atoms with Gasteiger partial charge in [-0.05, 0) is 44.8 Å². The van der Waals surface area contributed by atoms with E-state index in [2.05, 4.69) is 42.5 Å². The van der Waals surface area contributed by atoms with Crippen molar-refractivity contribution in [3.63, 3.8) is 0 Å². The van der Waals surface area contributed by atoms with Gasteiger partial charge in [0.05, 0.1) is 19.2 Å². The fourth-order valence-corrected chi connectivity index (χ4v) is 3.96. The van der Waals surface area contributed by atoms with Crippen LogP contribution in [0.4, 0.5) is 0 Å². The van der Waals surface area contributed by atoms with E-state index in [0.29, 0.717) is 25.2 Å². The number of hydrogen-bond acceptors (Lipinski definition) is 4. The number of aliphatic hydroxyl groups excluding tert-OH is 1. The van der Waals surface area contributed by atoms with Crippen LogP contribution in [-0.2, 0) is 0 Å². The van der Waals surface area contributed by atoms with E-state index in [0.717, 1.165) is 7.57 Å². The molecule has 17 heavy (non-hydrogen) atoms. The quantitative estimate of drug-likeness (QED) is 0.656. The van der Waals surface area contributed by atoms with E-state index in [1.165, 1.54) is 11.3 Å². The van der Waals surface area contributed by atoms with Crippen LogP contribution in [0.3, 0.4) is 0 Å². The molecule has 0 aliphatic rings. The van der Waals surface area contributed by atoms with Gasteiger partial charge in [-0.15, -0.1) is 11.3 Å². The first-order valence-corrected chi connectivity index (χ1v) is 7.52. The Labute approximate surface area is 121 Å². The Morgan fingerprint density at radius 1 is 1.53 bits per heavy atom. The summed E-state index contributed by atoms with van der Waals surface area (Å²) in [5.74, 6) is -0.0994. The van der Waals surface area contributed by atoms with Crippen LogP contribution in [0.5, 0.6) is 0 Å². The standard InChI is InChI=1S/C10H14Br2N2O2S/c1-6(15)5-13-2-3-14-10(16)7-4-8(11)17-9(7)12/h4,6,13,15H,2-3,5H2,1H3,(H,14,16). The van der Waals surface area contributed by atoms with Gasteiger partial charge < -0.3 is 15.7 Å². The number of rotatable bonds is 6. The lowest BCUT2D eigenvalue weighted by molar-refractivity contribution is 0.0953. The van der Waals surface area contributed by atoms with Crippen LogP contribution < -0.4 is 10.6 Å². The molecule has 0 aromatic carbocycles. The lowest BCUT2D eigenvalue weighted by atomic mass is 10.3. The molecular formula is C10H14Br2N2O2S. The third kappa shape index (κ3) is 5.48. The maximum atomic E-state index is 11.7. The number of carbonyl (C=O) groups is 1. The number of nitrogens with one attached hydrogen (secondary N) is 2. The number of thiophene rings is 1. The second kappa shape index (κ2) is 7.48. The van der Waals surface area contributed by atoms with Crippen molar-refractivity contribution >= 4 is 49.1 Å². The molecule has 1 atom stereocenters. The third-order valence-electron chi connectivity index (χ3n) is 1.93. The van der Waals surface area contributed by atoms with E-state index in [4.69, 9.17) is 5.11 Å². The Hall–Kier alpha value is 0.0500. The van der Waals surface area contributed by atoms with Crippen LogP contribution >= 0.6 is 43.2 Å². The molecule has 7 heteroatoms. The first kappa shape index (κ1) is 15.1. The summed E-state index contributed by atoms with van der Waals surface area (Å²) in [6.45, 7) is 3.42. The summed E-state index contributed by atoms with van der Waals surface area (Å²) in [6, 6.07) is 1.79. The Bertz CT molecular complexity index is 382. The maximum absolute atomic E-state index is 11.7. The molecule has 0 fully saturated rings. The number of hydrogen-bond donors (Lipinski definition) is 3. The molecule has 1 unspecified atom stereocenters.